The number of nitrogens with one attached hydrogen (secondary N) is 1. The SMILES string of the molecule is CCCCCC(C)(CC)N1CC2CC1CN2. The fourth-order valence-electron chi connectivity index (χ4n) is 3.50. The maximum atomic E-state index is 3.61. The maximum absolute atomic E-state index is 3.61. The molecule has 0 aromatic carbocycles. The summed E-state index contributed by atoms with van der Waals surface area (Å²) in [4.78, 5) is 2.81. The molecule has 2 bridgehead atoms. The van der Waals surface area contributed by atoms with Crippen molar-refractivity contribution in [1.82, 2.24) is 10.2 Å². The maximum Gasteiger partial charge on any atom is 0.0242 e. The van der Waals surface area contributed by atoms with Crippen LogP contribution in [0.3, 0.4) is 0 Å². The third-order valence-corrected chi connectivity index (χ3v) is 4.83. The van der Waals surface area contributed by atoms with E-state index in [1.807, 2.05) is 0 Å². The summed E-state index contributed by atoms with van der Waals surface area (Å²) in [6.45, 7) is 9.68. The molecule has 0 amide bonds. The van der Waals surface area contributed by atoms with Crippen LogP contribution in [0.4, 0.5) is 0 Å². The van der Waals surface area contributed by atoms with Gasteiger partial charge >= 0.3 is 0 Å². The summed E-state index contributed by atoms with van der Waals surface area (Å²) in [5, 5.41) is 3.61. The third kappa shape index (κ3) is 2.28. The van der Waals surface area contributed by atoms with Crippen LogP contribution in [0, 0.1) is 0 Å². The summed E-state index contributed by atoms with van der Waals surface area (Å²) >= 11 is 0. The van der Waals surface area contributed by atoms with Crippen molar-refractivity contribution in [1.29, 1.82) is 0 Å². The lowest BCUT2D eigenvalue weighted by Gasteiger charge is -2.44. The molecule has 94 valence electrons. The smallest absolute Gasteiger partial charge is 0.0242 e. The first-order valence-corrected chi connectivity index (χ1v) is 7.19. The van der Waals surface area contributed by atoms with Crippen LogP contribution in [0.25, 0.3) is 0 Å². The van der Waals surface area contributed by atoms with E-state index >= 15 is 0 Å². The van der Waals surface area contributed by atoms with Gasteiger partial charge in [-0.1, -0.05) is 33.1 Å². The number of likely N-dealkylation sites (tertiary alicyclic amines) is 1. The van der Waals surface area contributed by atoms with Crippen molar-refractivity contribution in [3.05, 3.63) is 0 Å². The highest BCUT2D eigenvalue weighted by Crippen LogP contribution is 2.35. The number of hydrogen-bond donors (Lipinski definition) is 1. The largest absolute Gasteiger partial charge is 0.311 e. The van der Waals surface area contributed by atoms with Gasteiger partial charge in [-0.25, -0.2) is 0 Å². The number of unbranched alkanes of at least 4 members (excludes halogenated alkanes) is 2. The van der Waals surface area contributed by atoms with Gasteiger partial charge in [0.25, 0.3) is 0 Å². The van der Waals surface area contributed by atoms with Gasteiger partial charge in [-0.2, -0.15) is 0 Å². The fourth-order valence-corrected chi connectivity index (χ4v) is 3.50. The molecule has 0 spiro atoms. The summed E-state index contributed by atoms with van der Waals surface area (Å²) in [7, 11) is 0. The lowest BCUT2D eigenvalue weighted by Crippen LogP contribution is -2.54. The molecule has 0 saturated carbocycles. The Morgan fingerprint density at radius 3 is 2.62 bits per heavy atom. The van der Waals surface area contributed by atoms with Crippen molar-refractivity contribution in [3.8, 4) is 0 Å². The Kier molecular flexibility index (Phi) is 3.91. The molecule has 3 atom stereocenters. The van der Waals surface area contributed by atoms with Crippen LogP contribution < -0.4 is 5.32 Å². The molecule has 16 heavy (non-hydrogen) atoms. The van der Waals surface area contributed by atoms with Crippen molar-refractivity contribution in [2.75, 3.05) is 13.1 Å². The van der Waals surface area contributed by atoms with E-state index in [1.165, 1.54) is 51.6 Å². The Labute approximate surface area is 101 Å². The van der Waals surface area contributed by atoms with E-state index in [1.54, 1.807) is 0 Å². The van der Waals surface area contributed by atoms with E-state index in [4.69, 9.17) is 0 Å². The van der Waals surface area contributed by atoms with Gasteiger partial charge in [-0.05, 0) is 26.2 Å². The second kappa shape index (κ2) is 5.05. The first-order valence-electron chi connectivity index (χ1n) is 7.19. The highest BCUT2D eigenvalue weighted by atomic mass is 15.3. The van der Waals surface area contributed by atoms with Gasteiger partial charge in [0, 0.05) is 30.7 Å². The second-order valence-electron chi connectivity index (χ2n) is 5.95. The monoisotopic (exact) mass is 224 g/mol. The van der Waals surface area contributed by atoms with Crippen LogP contribution in [0.1, 0.15) is 59.3 Å². The normalized spacial score (nSPS) is 33.2. The number of hydrogen-bond acceptors (Lipinski definition) is 2. The third-order valence-electron chi connectivity index (χ3n) is 4.83. The average Bonchev–Trinajstić information content (AvgIpc) is 2.91. The zero-order valence-electron chi connectivity index (χ0n) is 11.3. The Bertz CT molecular complexity index is 229. The average molecular weight is 224 g/mol. The molecule has 1 N–H and O–H groups in total. The lowest BCUT2D eigenvalue weighted by molar-refractivity contribution is 0.0622. The molecule has 2 aliphatic heterocycles. The Hall–Kier alpha value is -0.0800. The molecule has 2 saturated heterocycles. The van der Waals surface area contributed by atoms with Crippen molar-refractivity contribution in [2.24, 2.45) is 0 Å². The fraction of sp³-hybridized carbons (Fsp3) is 1.00. The highest BCUT2D eigenvalue weighted by molar-refractivity contribution is 5.03. The predicted molar refractivity (Wildman–Crippen MR) is 69.7 cm³/mol. The zero-order valence-corrected chi connectivity index (χ0v) is 11.3. The molecule has 2 heterocycles. The van der Waals surface area contributed by atoms with Crippen molar-refractivity contribution in [2.45, 2.75) is 76.9 Å². The van der Waals surface area contributed by atoms with Crippen LogP contribution in [-0.4, -0.2) is 35.6 Å². The van der Waals surface area contributed by atoms with Crippen molar-refractivity contribution >= 4 is 0 Å². The quantitative estimate of drug-likeness (QED) is 0.698. The summed E-state index contributed by atoms with van der Waals surface area (Å²) < 4.78 is 0. The lowest BCUT2D eigenvalue weighted by atomic mass is 9.88. The molecule has 2 rings (SSSR count). The first-order chi connectivity index (χ1) is 7.69. The molecular formula is C14H28N2. The molecular weight excluding hydrogens is 196 g/mol. The van der Waals surface area contributed by atoms with Crippen LogP contribution in [-0.2, 0) is 0 Å². The topological polar surface area (TPSA) is 15.3 Å². The Morgan fingerprint density at radius 1 is 1.31 bits per heavy atom. The van der Waals surface area contributed by atoms with E-state index in [9.17, 15) is 0 Å². The molecule has 2 heteroatoms. The van der Waals surface area contributed by atoms with Crippen LogP contribution >= 0.6 is 0 Å². The molecule has 0 aliphatic carbocycles. The van der Waals surface area contributed by atoms with E-state index in [0.717, 1.165) is 12.1 Å². The molecule has 2 nitrogen and oxygen atoms in total. The standard InChI is InChI=1S/C14H28N2/c1-4-6-7-8-14(3,5-2)16-11-12-9-13(16)10-15-12/h12-13,15H,4-11H2,1-3H3. The van der Waals surface area contributed by atoms with Gasteiger partial charge in [-0.15, -0.1) is 0 Å². The van der Waals surface area contributed by atoms with Crippen LogP contribution in [0.5, 0.6) is 0 Å². The number of fused-ring (bicyclic) bond motifs is 2. The second-order valence-corrected chi connectivity index (χ2v) is 5.95. The summed E-state index contributed by atoms with van der Waals surface area (Å²) in [5.41, 5.74) is 0.469. The van der Waals surface area contributed by atoms with Gasteiger partial charge in [0.2, 0.25) is 0 Å². The number of piperazine rings is 1. The van der Waals surface area contributed by atoms with E-state index < -0.39 is 0 Å². The molecule has 0 radical (unpaired) electrons. The van der Waals surface area contributed by atoms with Crippen molar-refractivity contribution < 1.29 is 0 Å². The van der Waals surface area contributed by atoms with E-state index in [0.29, 0.717) is 5.54 Å². The number of rotatable bonds is 6. The van der Waals surface area contributed by atoms with Gasteiger partial charge in [-0.3, -0.25) is 4.90 Å². The molecule has 2 fully saturated rings. The first kappa shape index (κ1) is 12.4. The minimum absolute atomic E-state index is 0.469. The number of nitrogens with zero attached hydrogens (tertiary/aromatic N) is 1. The van der Waals surface area contributed by atoms with Crippen molar-refractivity contribution in [3.63, 3.8) is 0 Å². The Morgan fingerprint density at radius 2 is 2.12 bits per heavy atom. The zero-order chi connectivity index (χ0) is 11.6. The summed E-state index contributed by atoms with van der Waals surface area (Å²) in [5.74, 6) is 0. The highest BCUT2D eigenvalue weighted by Gasteiger charge is 2.44. The predicted octanol–water partition coefficient (Wildman–Crippen LogP) is 2.78. The summed E-state index contributed by atoms with van der Waals surface area (Å²) in [6.07, 6.45) is 8.23. The Balaban J connectivity index is 1.92. The molecule has 3 unspecified atom stereocenters. The van der Waals surface area contributed by atoms with Gasteiger partial charge in [0.15, 0.2) is 0 Å². The van der Waals surface area contributed by atoms with E-state index in [2.05, 4.69) is 31.0 Å². The van der Waals surface area contributed by atoms with E-state index in [-0.39, 0.29) is 0 Å². The van der Waals surface area contributed by atoms with Gasteiger partial charge in [0.1, 0.15) is 0 Å². The molecule has 0 aromatic heterocycles. The van der Waals surface area contributed by atoms with Crippen LogP contribution in [0.2, 0.25) is 0 Å². The minimum atomic E-state index is 0.469. The van der Waals surface area contributed by atoms with Crippen LogP contribution in [0.15, 0.2) is 0 Å². The summed E-state index contributed by atoms with van der Waals surface area (Å²) in [6, 6.07) is 1.62. The minimum Gasteiger partial charge on any atom is -0.311 e. The molecule has 2 aliphatic rings. The van der Waals surface area contributed by atoms with Gasteiger partial charge in [0.05, 0.1) is 0 Å². The molecule has 0 aromatic rings. The van der Waals surface area contributed by atoms with Gasteiger partial charge < -0.3 is 5.32 Å².